The maximum Gasteiger partial charge on any atom is 0.416 e. The number of anilines is 1. The van der Waals surface area contributed by atoms with Crippen molar-refractivity contribution >= 4 is 5.69 Å². The fraction of sp³-hybridized carbons (Fsp3) is 0.600. The molecule has 0 unspecified atom stereocenters. The zero-order chi connectivity index (χ0) is 14.4. The Kier molecular flexibility index (Phi) is 5.29. The summed E-state index contributed by atoms with van der Waals surface area (Å²) in [7, 11) is 0. The van der Waals surface area contributed by atoms with Gasteiger partial charge in [-0.15, -0.1) is 0 Å². The Balaban J connectivity index is 1.81. The quantitative estimate of drug-likeness (QED) is 0.900. The molecule has 1 aromatic carbocycles. The van der Waals surface area contributed by atoms with Crippen LogP contribution >= 0.6 is 0 Å². The zero-order valence-electron chi connectivity index (χ0n) is 11.5. The van der Waals surface area contributed by atoms with Crippen LogP contribution in [0.25, 0.3) is 0 Å². The number of alkyl halides is 3. The van der Waals surface area contributed by atoms with Crippen molar-refractivity contribution in [1.29, 1.82) is 0 Å². The summed E-state index contributed by atoms with van der Waals surface area (Å²) in [5, 5.41) is 3.08. The van der Waals surface area contributed by atoms with Crippen molar-refractivity contribution in [3.63, 3.8) is 0 Å². The fourth-order valence-electron chi connectivity index (χ4n) is 2.52. The van der Waals surface area contributed by atoms with Crippen molar-refractivity contribution in [2.45, 2.75) is 31.9 Å². The second kappa shape index (κ2) is 6.97. The Morgan fingerprint density at radius 3 is 2.40 bits per heavy atom. The molecule has 1 fully saturated rings. The molecule has 5 heteroatoms. The van der Waals surface area contributed by atoms with Crippen molar-refractivity contribution in [3.05, 3.63) is 29.8 Å². The van der Waals surface area contributed by atoms with Crippen molar-refractivity contribution in [3.8, 4) is 0 Å². The minimum Gasteiger partial charge on any atom is -0.384 e. The van der Waals surface area contributed by atoms with Gasteiger partial charge in [0.2, 0.25) is 0 Å². The summed E-state index contributed by atoms with van der Waals surface area (Å²) in [6.07, 6.45) is 0.755. The normalized spacial score (nSPS) is 17.8. The topological polar surface area (TPSA) is 15.3 Å². The van der Waals surface area contributed by atoms with Crippen LogP contribution in [-0.4, -0.2) is 31.1 Å². The number of halogens is 3. The van der Waals surface area contributed by atoms with Gasteiger partial charge in [0.05, 0.1) is 5.56 Å². The molecule has 0 amide bonds. The first-order valence-electron chi connectivity index (χ1n) is 7.19. The smallest absolute Gasteiger partial charge is 0.384 e. The van der Waals surface area contributed by atoms with Crippen molar-refractivity contribution in [1.82, 2.24) is 4.90 Å². The lowest BCUT2D eigenvalue weighted by molar-refractivity contribution is -0.137. The first kappa shape index (κ1) is 15.2. The van der Waals surface area contributed by atoms with E-state index in [2.05, 4.69) is 10.2 Å². The van der Waals surface area contributed by atoms with Gasteiger partial charge in [-0.2, -0.15) is 13.2 Å². The maximum absolute atomic E-state index is 12.6. The standard InChI is InChI=1S/C15H21F3N2/c16-15(17,18)13-6-5-7-14(12-13)19-8-11-20-9-3-1-2-4-10-20/h5-7,12,19H,1-4,8-11H2. The van der Waals surface area contributed by atoms with Crippen LogP contribution in [0.15, 0.2) is 24.3 Å². The maximum atomic E-state index is 12.6. The zero-order valence-corrected chi connectivity index (χ0v) is 11.5. The van der Waals surface area contributed by atoms with Gasteiger partial charge in [0.15, 0.2) is 0 Å². The van der Waals surface area contributed by atoms with E-state index in [9.17, 15) is 13.2 Å². The molecule has 1 N–H and O–H groups in total. The SMILES string of the molecule is FC(F)(F)c1cccc(NCCN2CCCCCC2)c1. The van der Waals surface area contributed by atoms with Crippen LogP contribution in [0.4, 0.5) is 18.9 Å². The molecule has 1 heterocycles. The number of nitrogens with one attached hydrogen (secondary N) is 1. The van der Waals surface area contributed by atoms with Crippen LogP contribution in [0.2, 0.25) is 0 Å². The van der Waals surface area contributed by atoms with Crippen LogP contribution in [0.3, 0.4) is 0 Å². The molecule has 0 aromatic heterocycles. The highest BCUT2D eigenvalue weighted by molar-refractivity contribution is 5.46. The Morgan fingerprint density at radius 2 is 1.75 bits per heavy atom. The highest BCUT2D eigenvalue weighted by Gasteiger charge is 2.30. The van der Waals surface area contributed by atoms with E-state index in [1.54, 1.807) is 6.07 Å². The molecule has 2 nitrogen and oxygen atoms in total. The molecule has 2 rings (SSSR count). The summed E-state index contributed by atoms with van der Waals surface area (Å²) in [5.41, 5.74) is -0.0630. The number of rotatable bonds is 4. The van der Waals surface area contributed by atoms with Crippen molar-refractivity contribution in [2.24, 2.45) is 0 Å². The second-order valence-corrected chi connectivity index (χ2v) is 5.26. The van der Waals surface area contributed by atoms with Gasteiger partial charge in [0.25, 0.3) is 0 Å². The number of hydrogen-bond acceptors (Lipinski definition) is 2. The second-order valence-electron chi connectivity index (χ2n) is 5.26. The molecule has 112 valence electrons. The van der Waals surface area contributed by atoms with E-state index in [4.69, 9.17) is 0 Å². The molecule has 1 aromatic rings. The number of nitrogens with zero attached hydrogens (tertiary/aromatic N) is 1. The van der Waals surface area contributed by atoms with Crippen LogP contribution < -0.4 is 5.32 Å². The molecular formula is C15H21F3N2. The molecule has 20 heavy (non-hydrogen) atoms. The van der Waals surface area contributed by atoms with Crippen molar-refractivity contribution < 1.29 is 13.2 Å². The molecule has 0 bridgehead atoms. The van der Waals surface area contributed by atoms with E-state index < -0.39 is 11.7 Å². The lowest BCUT2D eigenvalue weighted by atomic mass is 10.2. The lowest BCUT2D eigenvalue weighted by Gasteiger charge is -2.20. The lowest BCUT2D eigenvalue weighted by Crippen LogP contribution is -2.30. The third-order valence-electron chi connectivity index (χ3n) is 3.65. The highest BCUT2D eigenvalue weighted by Crippen LogP contribution is 2.30. The summed E-state index contributed by atoms with van der Waals surface area (Å²) in [4.78, 5) is 2.38. The van der Waals surface area contributed by atoms with Crippen LogP contribution in [0, 0.1) is 0 Å². The molecule has 0 atom stereocenters. The molecule has 0 saturated carbocycles. The van der Waals surface area contributed by atoms with E-state index in [0.717, 1.165) is 25.7 Å². The molecule has 1 aliphatic rings. The minimum atomic E-state index is -4.28. The Bertz CT molecular complexity index is 410. The van der Waals surface area contributed by atoms with Gasteiger partial charge >= 0.3 is 6.18 Å². The molecule has 0 radical (unpaired) electrons. The summed E-state index contributed by atoms with van der Waals surface area (Å²) in [6.45, 7) is 3.77. The third-order valence-corrected chi connectivity index (χ3v) is 3.65. The van der Waals surface area contributed by atoms with E-state index in [1.165, 1.54) is 37.8 Å². The number of likely N-dealkylation sites (tertiary alicyclic amines) is 1. The first-order chi connectivity index (χ1) is 9.55. The third kappa shape index (κ3) is 4.71. The molecule has 1 aliphatic heterocycles. The summed E-state index contributed by atoms with van der Waals surface area (Å²) < 4.78 is 37.8. The van der Waals surface area contributed by atoms with E-state index >= 15 is 0 Å². The number of benzene rings is 1. The van der Waals surface area contributed by atoms with Crippen LogP contribution in [0.1, 0.15) is 31.2 Å². The predicted octanol–water partition coefficient (Wildman–Crippen LogP) is 3.99. The van der Waals surface area contributed by atoms with Gasteiger partial charge in [-0.3, -0.25) is 0 Å². The average Bonchev–Trinajstić information content (AvgIpc) is 2.67. The Labute approximate surface area is 118 Å². The van der Waals surface area contributed by atoms with E-state index in [1.807, 2.05) is 0 Å². The first-order valence-corrected chi connectivity index (χ1v) is 7.19. The molecule has 1 saturated heterocycles. The molecular weight excluding hydrogens is 265 g/mol. The van der Waals surface area contributed by atoms with Gasteiger partial charge in [-0.25, -0.2) is 0 Å². The molecule has 0 aliphatic carbocycles. The van der Waals surface area contributed by atoms with Crippen LogP contribution in [-0.2, 0) is 6.18 Å². The van der Waals surface area contributed by atoms with Gasteiger partial charge in [-0.1, -0.05) is 18.9 Å². The van der Waals surface area contributed by atoms with Crippen molar-refractivity contribution in [2.75, 3.05) is 31.5 Å². The Hall–Kier alpha value is -1.23. The fourth-order valence-corrected chi connectivity index (χ4v) is 2.52. The largest absolute Gasteiger partial charge is 0.416 e. The predicted molar refractivity (Wildman–Crippen MR) is 74.8 cm³/mol. The van der Waals surface area contributed by atoms with Gasteiger partial charge in [0.1, 0.15) is 0 Å². The molecule has 0 spiro atoms. The van der Waals surface area contributed by atoms with E-state index in [-0.39, 0.29) is 0 Å². The summed E-state index contributed by atoms with van der Waals surface area (Å²) >= 11 is 0. The van der Waals surface area contributed by atoms with E-state index in [0.29, 0.717) is 12.2 Å². The average molecular weight is 286 g/mol. The number of hydrogen-bond donors (Lipinski definition) is 1. The summed E-state index contributed by atoms with van der Waals surface area (Å²) in [6, 6.07) is 5.39. The summed E-state index contributed by atoms with van der Waals surface area (Å²) in [5.74, 6) is 0. The van der Waals surface area contributed by atoms with Crippen LogP contribution in [0.5, 0.6) is 0 Å². The van der Waals surface area contributed by atoms with Gasteiger partial charge in [-0.05, 0) is 44.1 Å². The minimum absolute atomic E-state index is 0.537. The monoisotopic (exact) mass is 286 g/mol. The van der Waals surface area contributed by atoms with Gasteiger partial charge in [0, 0.05) is 18.8 Å². The van der Waals surface area contributed by atoms with Gasteiger partial charge < -0.3 is 10.2 Å². The Morgan fingerprint density at radius 1 is 1.05 bits per heavy atom. The highest BCUT2D eigenvalue weighted by atomic mass is 19.4.